The summed E-state index contributed by atoms with van der Waals surface area (Å²) in [7, 11) is 0. The normalized spacial score (nSPS) is 10.2. The molecule has 5 heteroatoms. The van der Waals surface area contributed by atoms with Crippen LogP contribution in [0.1, 0.15) is 23.2 Å². The van der Waals surface area contributed by atoms with Crippen LogP contribution in [0.2, 0.25) is 5.02 Å². The minimum Gasteiger partial charge on any atom is -0.352 e. The molecule has 16 heavy (non-hydrogen) atoms. The predicted octanol–water partition coefficient (Wildman–Crippen LogP) is 3.69. The summed E-state index contributed by atoms with van der Waals surface area (Å²) >= 11 is 13.6. The maximum atomic E-state index is 11.7. The molecular weight excluding hydrogens is 360 g/mol. The van der Waals surface area contributed by atoms with Crippen LogP contribution in [0.5, 0.6) is 0 Å². The van der Waals surface area contributed by atoms with Crippen LogP contribution < -0.4 is 5.32 Å². The summed E-state index contributed by atoms with van der Waals surface area (Å²) in [4.78, 5) is 11.7. The van der Waals surface area contributed by atoms with E-state index in [1.165, 1.54) is 0 Å². The van der Waals surface area contributed by atoms with Crippen molar-refractivity contribution in [3.63, 3.8) is 0 Å². The molecule has 0 bridgehead atoms. The largest absolute Gasteiger partial charge is 0.352 e. The number of amides is 1. The molecule has 1 aromatic carbocycles. The van der Waals surface area contributed by atoms with Crippen molar-refractivity contribution in [3.8, 4) is 0 Å². The van der Waals surface area contributed by atoms with E-state index < -0.39 is 0 Å². The fraction of sp³-hybridized carbons (Fsp3) is 0.364. The smallest absolute Gasteiger partial charge is 0.251 e. The van der Waals surface area contributed by atoms with Crippen molar-refractivity contribution in [3.05, 3.63) is 32.4 Å². The lowest BCUT2D eigenvalue weighted by Gasteiger charge is -2.05. The molecule has 1 amide bonds. The molecule has 0 saturated carbocycles. The van der Waals surface area contributed by atoms with Gasteiger partial charge in [-0.15, -0.1) is 11.6 Å². The summed E-state index contributed by atoms with van der Waals surface area (Å²) < 4.78 is 0.943. The number of alkyl halides is 1. The van der Waals surface area contributed by atoms with Crippen molar-refractivity contribution in [1.29, 1.82) is 0 Å². The molecule has 0 spiro atoms. The Balaban J connectivity index is 2.50. The molecule has 2 nitrogen and oxygen atoms in total. The minimum absolute atomic E-state index is 0.0899. The zero-order valence-corrected chi connectivity index (χ0v) is 12.3. The van der Waals surface area contributed by atoms with Crippen molar-refractivity contribution >= 4 is 51.7 Å². The van der Waals surface area contributed by atoms with E-state index in [1.54, 1.807) is 12.1 Å². The highest BCUT2D eigenvalue weighted by atomic mass is 127. The number of nitrogens with one attached hydrogen (secondary N) is 1. The Morgan fingerprint density at radius 1 is 1.38 bits per heavy atom. The molecule has 0 heterocycles. The van der Waals surface area contributed by atoms with Crippen molar-refractivity contribution < 1.29 is 4.79 Å². The van der Waals surface area contributed by atoms with Gasteiger partial charge in [0.2, 0.25) is 0 Å². The molecule has 0 fully saturated rings. The predicted molar refractivity (Wildman–Crippen MR) is 76.5 cm³/mol. The van der Waals surface area contributed by atoms with E-state index in [0.717, 1.165) is 16.4 Å². The third-order valence-corrected chi connectivity index (χ3v) is 3.87. The van der Waals surface area contributed by atoms with Crippen LogP contribution in [-0.4, -0.2) is 18.3 Å². The number of carbonyl (C=O) groups excluding carboxylic acids is 1. The fourth-order valence-electron chi connectivity index (χ4n) is 1.16. The first-order valence-corrected chi connectivity index (χ1v) is 6.93. The van der Waals surface area contributed by atoms with Crippen molar-refractivity contribution in [2.45, 2.75) is 12.8 Å². The molecule has 0 aliphatic heterocycles. The Hall–Kier alpha value is -0.0000000000000000555. The fourth-order valence-corrected chi connectivity index (χ4v) is 1.87. The molecule has 88 valence electrons. The zero-order chi connectivity index (χ0) is 12.0. The van der Waals surface area contributed by atoms with E-state index in [1.807, 2.05) is 6.07 Å². The third kappa shape index (κ3) is 4.47. The number of unbranched alkanes of at least 4 members (excludes halogenated alkanes) is 1. The molecule has 0 radical (unpaired) electrons. The molecule has 0 aromatic heterocycles. The van der Waals surface area contributed by atoms with Gasteiger partial charge in [0.05, 0.1) is 5.02 Å². The van der Waals surface area contributed by atoms with Gasteiger partial charge in [-0.3, -0.25) is 4.79 Å². The van der Waals surface area contributed by atoms with Crippen LogP contribution >= 0.6 is 45.8 Å². The average molecular weight is 372 g/mol. The minimum atomic E-state index is -0.0899. The maximum Gasteiger partial charge on any atom is 0.251 e. The molecule has 0 aliphatic carbocycles. The first-order chi connectivity index (χ1) is 7.65. The van der Waals surface area contributed by atoms with Crippen LogP contribution in [0, 0.1) is 3.57 Å². The molecule has 1 rings (SSSR count). The SMILES string of the molecule is O=C(NCCCCCl)c1ccc(I)c(Cl)c1. The van der Waals surface area contributed by atoms with Gasteiger partial charge in [-0.1, -0.05) is 11.6 Å². The lowest BCUT2D eigenvalue weighted by molar-refractivity contribution is 0.0953. The van der Waals surface area contributed by atoms with Gasteiger partial charge in [0.15, 0.2) is 0 Å². The van der Waals surface area contributed by atoms with Crippen LogP contribution in [0.3, 0.4) is 0 Å². The van der Waals surface area contributed by atoms with Crippen LogP contribution in [-0.2, 0) is 0 Å². The topological polar surface area (TPSA) is 29.1 Å². The van der Waals surface area contributed by atoms with Gasteiger partial charge in [-0.2, -0.15) is 0 Å². The zero-order valence-electron chi connectivity index (χ0n) is 8.60. The molecule has 0 aliphatic rings. The summed E-state index contributed by atoms with van der Waals surface area (Å²) in [5, 5.41) is 3.43. The summed E-state index contributed by atoms with van der Waals surface area (Å²) in [6, 6.07) is 5.28. The lowest BCUT2D eigenvalue weighted by atomic mass is 10.2. The average Bonchev–Trinajstić information content (AvgIpc) is 2.28. The monoisotopic (exact) mass is 371 g/mol. The summed E-state index contributed by atoms with van der Waals surface area (Å²) in [5.41, 5.74) is 0.594. The Kier molecular flexibility index (Phi) is 6.46. The highest BCUT2D eigenvalue weighted by Gasteiger charge is 2.06. The van der Waals surface area contributed by atoms with E-state index in [4.69, 9.17) is 23.2 Å². The Morgan fingerprint density at radius 3 is 2.75 bits per heavy atom. The van der Waals surface area contributed by atoms with E-state index in [0.29, 0.717) is 23.0 Å². The number of rotatable bonds is 5. The first kappa shape index (κ1) is 14.1. The lowest BCUT2D eigenvalue weighted by Crippen LogP contribution is -2.24. The summed E-state index contributed by atoms with van der Waals surface area (Å²) in [6.07, 6.45) is 1.81. The summed E-state index contributed by atoms with van der Waals surface area (Å²) in [5.74, 6) is 0.540. The second-order valence-electron chi connectivity index (χ2n) is 3.28. The van der Waals surface area contributed by atoms with E-state index in [9.17, 15) is 4.79 Å². The third-order valence-electron chi connectivity index (χ3n) is 2.03. The molecule has 0 saturated heterocycles. The standard InChI is InChI=1S/C11H12Cl2INO/c12-5-1-2-6-15-11(16)8-3-4-10(14)9(13)7-8/h3-4,7H,1-2,5-6H2,(H,15,16). The quantitative estimate of drug-likeness (QED) is 0.477. The van der Waals surface area contributed by atoms with Crippen molar-refractivity contribution in [2.24, 2.45) is 0 Å². The number of hydrogen-bond donors (Lipinski definition) is 1. The van der Waals surface area contributed by atoms with Gasteiger partial charge < -0.3 is 5.32 Å². The van der Waals surface area contributed by atoms with E-state index in [2.05, 4.69) is 27.9 Å². The van der Waals surface area contributed by atoms with Gasteiger partial charge in [0.25, 0.3) is 5.91 Å². The Bertz CT molecular complexity index is 371. The number of halogens is 3. The van der Waals surface area contributed by atoms with Crippen LogP contribution in [0.15, 0.2) is 18.2 Å². The van der Waals surface area contributed by atoms with Crippen molar-refractivity contribution in [2.75, 3.05) is 12.4 Å². The second-order valence-corrected chi connectivity index (χ2v) is 5.23. The van der Waals surface area contributed by atoms with E-state index >= 15 is 0 Å². The maximum absolute atomic E-state index is 11.7. The first-order valence-electron chi connectivity index (χ1n) is 4.94. The van der Waals surface area contributed by atoms with Crippen molar-refractivity contribution in [1.82, 2.24) is 5.32 Å². The van der Waals surface area contributed by atoms with Crippen LogP contribution in [0.25, 0.3) is 0 Å². The van der Waals surface area contributed by atoms with Gasteiger partial charge in [-0.25, -0.2) is 0 Å². The van der Waals surface area contributed by atoms with Crippen LogP contribution in [0.4, 0.5) is 0 Å². The number of hydrogen-bond acceptors (Lipinski definition) is 1. The molecular formula is C11H12Cl2INO. The molecule has 0 unspecified atom stereocenters. The molecule has 1 N–H and O–H groups in total. The molecule has 1 aromatic rings. The highest BCUT2D eigenvalue weighted by Crippen LogP contribution is 2.19. The Labute approximate surface area is 119 Å². The van der Waals surface area contributed by atoms with Gasteiger partial charge >= 0.3 is 0 Å². The molecule has 0 atom stereocenters. The van der Waals surface area contributed by atoms with E-state index in [-0.39, 0.29) is 5.91 Å². The second kappa shape index (κ2) is 7.35. The van der Waals surface area contributed by atoms with Gasteiger partial charge in [0.1, 0.15) is 0 Å². The van der Waals surface area contributed by atoms with Gasteiger partial charge in [-0.05, 0) is 53.6 Å². The van der Waals surface area contributed by atoms with Gasteiger partial charge in [0, 0.05) is 21.6 Å². The summed E-state index contributed by atoms with van der Waals surface area (Å²) in [6.45, 7) is 0.648. The number of benzene rings is 1. The Morgan fingerprint density at radius 2 is 2.12 bits per heavy atom. The number of carbonyl (C=O) groups is 1. The highest BCUT2D eigenvalue weighted by molar-refractivity contribution is 14.1.